The van der Waals surface area contributed by atoms with Crippen molar-refractivity contribution in [3.63, 3.8) is 0 Å². The second kappa shape index (κ2) is 3.47. The third-order valence-corrected chi connectivity index (χ3v) is 3.71. The molecule has 1 aliphatic carbocycles. The first-order chi connectivity index (χ1) is 7.03. The summed E-state index contributed by atoms with van der Waals surface area (Å²) in [6, 6.07) is 0.514. The van der Waals surface area contributed by atoms with Crippen LogP contribution in [0.25, 0.3) is 0 Å². The molecule has 3 nitrogen and oxygen atoms in total. The average Bonchev–Trinajstić information content (AvgIpc) is 2.97. The molecule has 15 heavy (non-hydrogen) atoms. The summed E-state index contributed by atoms with van der Waals surface area (Å²) in [5.74, 6) is 0.834. The van der Waals surface area contributed by atoms with Crippen molar-refractivity contribution in [3.8, 4) is 0 Å². The minimum absolute atomic E-state index is 0.475. The Morgan fingerprint density at radius 3 is 2.33 bits per heavy atom. The first-order valence-corrected chi connectivity index (χ1v) is 5.54. The molecule has 0 aliphatic heterocycles. The van der Waals surface area contributed by atoms with Crippen LogP contribution in [-0.2, 0) is 0 Å². The third-order valence-electron chi connectivity index (χ3n) is 3.71. The summed E-state index contributed by atoms with van der Waals surface area (Å²) in [5, 5.41) is 0. The lowest BCUT2D eigenvalue weighted by atomic mass is 10.00. The van der Waals surface area contributed by atoms with Crippen LogP contribution in [0, 0.1) is 12.3 Å². The van der Waals surface area contributed by atoms with E-state index in [-0.39, 0.29) is 0 Å². The van der Waals surface area contributed by atoms with Crippen LogP contribution >= 0.6 is 0 Å². The summed E-state index contributed by atoms with van der Waals surface area (Å²) in [6.07, 6.45) is 6.40. The topological polar surface area (TPSA) is 29.0 Å². The van der Waals surface area contributed by atoms with Crippen LogP contribution in [-0.4, -0.2) is 23.1 Å². The SMILES string of the molecule is Cc1cnc(N(C)C(C)C2(C)CC2)nc1. The molecule has 1 aromatic rings. The molecule has 1 fully saturated rings. The van der Waals surface area contributed by atoms with Crippen LogP contribution in [0.3, 0.4) is 0 Å². The monoisotopic (exact) mass is 205 g/mol. The maximum absolute atomic E-state index is 4.36. The molecule has 0 spiro atoms. The van der Waals surface area contributed by atoms with Crippen molar-refractivity contribution in [2.75, 3.05) is 11.9 Å². The maximum atomic E-state index is 4.36. The van der Waals surface area contributed by atoms with Gasteiger partial charge in [0.1, 0.15) is 0 Å². The summed E-state index contributed by atoms with van der Waals surface area (Å²) in [4.78, 5) is 10.9. The highest BCUT2D eigenvalue weighted by molar-refractivity contribution is 5.31. The zero-order valence-corrected chi connectivity index (χ0v) is 9.99. The Morgan fingerprint density at radius 2 is 1.87 bits per heavy atom. The Hall–Kier alpha value is -1.12. The Morgan fingerprint density at radius 1 is 1.33 bits per heavy atom. The molecule has 1 aromatic heterocycles. The van der Waals surface area contributed by atoms with Crippen molar-refractivity contribution in [2.45, 2.75) is 39.7 Å². The number of rotatable bonds is 3. The van der Waals surface area contributed by atoms with Crippen LogP contribution in [0.5, 0.6) is 0 Å². The number of aromatic nitrogens is 2. The molecule has 1 saturated carbocycles. The minimum Gasteiger partial charge on any atom is -0.341 e. The second-order valence-corrected chi connectivity index (χ2v) is 5.00. The lowest BCUT2D eigenvalue weighted by Crippen LogP contribution is -2.36. The standard InChI is InChI=1S/C12H19N3/c1-9-7-13-11(14-8-9)15(4)10(2)12(3)5-6-12/h7-8,10H,5-6H2,1-4H3. The highest BCUT2D eigenvalue weighted by Gasteiger charge is 2.44. The van der Waals surface area contributed by atoms with Crippen molar-refractivity contribution < 1.29 is 0 Å². The van der Waals surface area contributed by atoms with Crippen molar-refractivity contribution in [1.29, 1.82) is 0 Å². The minimum atomic E-state index is 0.475. The zero-order chi connectivity index (χ0) is 11.1. The van der Waals surface area contributed by atoms with Gasteiger partial charge in [0.05, 0.1) is 0 Å². The average molecular weight is 205 g/mol. The molecule has 82 valence electrons. The summed E-state index contributed by atoms with van der Waals surface area (Å²) >= 11 is 0. The van der Waals surface area contributed by atoms with Gasteiger partial charge in [-0.1, -0.05) is 6.92 Å². The number of nitrogens with zero attached hydrogens (tertiary/aromatic N) is 3. The Labute approximate surface area is 91.5 Å². The van der Waals surface area contributed by atoms with Crippen molar-refractivity contribution in [1.82, 2.24) is 9.97 Å². The summed E-state index contributed by atoms with van der Waals surface area (Å²) in [5.41, 5.74) is 1.58. The highest BCUT2D eigenvalue weighted by atomic mass is 15.3. The van der Waals surface area contributed by atoms with E-state index in [9.17, 15) is 0 Å². The fourth-order valence-electron chi connectivity index (χ4n) is 1.82. The van der Waals surface area contributed by atoms with Gasteiger partial charge in [-0.25, -0.2) is 9.97 Å². The smallest absolute Gasteiger partial charge is 0.225 e. The van der Waals surface area contributed by atoms with Gasteiger partial charge < -0.3 is 4.90 Å². The van der Waals surface area contributed by atoms with E-state index in [2.05, 4.69) is 35.8 Å². The lowest BCUT2D eigenvalue weighted by molar-refractivity contribution is 0.442. The van der Waals surface area contributed by atoms with Crippen LogP contribution in [0.15, 0.2) is 12.4 Å². The van der Waals surface area contributed by atoms with Crippen LogP contribution in [0.1, 0.15) is 32.3 Å². The molecule has 0 amide bonds. The quantitative estimate of drug-likeness (QED) is 0.758. The molecule has 1 atom stereocenters. The van der Waals surface area contributed by atoms with E-state index in [1.807, 2.05) is 19.3 Å². The predicted octanol–water partition coefficient (Wildman–Crippen LogP) is 2.41. The van der Waals surface area contributed by atoms with E-state index in [1.54, 1.807) is 0 Å². The summed E-state index contributed by atoms with van der Waals surface area (Å²) in [7, 11) is 2.08. The molecule has 0 aromatic carbocycles. The second-order valence-electron chi connectivity index (χ2n) is 5.00. The van der Waals surface area contributed by atoms with Gasteiger partial charge in [0.2, 0.25) is 5.95 Å². The van der Waals surface area contributed by atoms with E-state index in [1.165, 1.54) is 12.8 Å². The molecule has 0 radical (unpaired) electrons. The van der Waals surface area contributed by atoms with Crippen molar-refractivity contribution in [2.24, 2.45) is 5.41 Å². The van der Waals surface area contributed by atoms with Gasteiger partial charge in [0.15, 0.2) is 0 Å². The van der Waals surface area contributed by atoms with Gasteiger partial charge in [-0.3, -0.25) is 0 Å². The third kappa shape index (κ3) is 1.96. The molecule has 1 heterocycles. The first kappa shape index (κ1) is 10.4. The van der Waals surface area contributed by atoms with Gasteiger partial charge >= 0.3 is 0 Å². The number of hydrogen-bond acceptors (Lipinski definition) is 3. The number of hydrogen-bond donors (Lipinski definition) is 0. The molecule has 0 bridgehead atoms. The molecule has 0 N–H and O–H groups in total. The molecular formula is C12H19N3. The molecule has 1 unspecified atom stereocenters. The predicted molar refractivity (Wildman–Crippen MR) is 62.0 cm³/mol. The Kier molecular flexibility index (Phi) is 2.41. The Bertz CT molecular complexity index is 340. The van der Waals surface area contributed by atoms with E-state index in [0.29, 0.717) is 11.5 Å². The number of aryl methyl sites for hydroxylation is 1. The maximum Gasteiger partial charge on any atom is 0.225 e. The fourth-order valence-corrected chi connectivity index (χ4v) is 1.82. The van der Waals surface area contributed by atoms with Crippen molar-refractivity contribution >= 4 is 5.95 Å². The largest absolute Gasteiger partial charge is 0.341 e. The van der Waals surface area contributed by atoms with E-state index < -0.39 is 0 Å². The van der Waals surface area contributed by atoms with Gasteiger partial charge in [0.25, 0.3) is 0 Å². The van der Waals surface area contributed by atoms with E-state index >= 15 is 0 Å². The molecule has 0 saturated heterocycles. The molecule has 2 rings (SSSR count). The first-order valence-electron chi connectivity index (χ1n) is 5.54. The normalized spacial score (nSPS) is 19.7. The van der Waals surface area contributed by atoms with Crippen molar-refractivity contribution in [3.05, 3.63) is 18.0 Å². The molecule has 3 heteroatoms. The van der Waals surface area contributed by atoms with Gasteiger partial charge in [-0.05, 0) is 37.7 Å². The lowest BCUT2D eigenvalue weighted by Gasteiger charge is -2.29. The molecule has 1 aliphatic rings. The fraction of sp³-hybridized carbons (Fsp3) is 0.667. The van der Waals surface area contributed by atoms with Crippen LogP contribution in [0.4, 0.5) is 5.95 Å². The Balaban J connectivity index is 2.13. The van der Waals surface area contributed by atoms with Gasteiger partial charge in [-0.15, -0.1) is 0 Å². The molecular weight excluding hydrogens is 186 g/mol. The summed E-state index contributed by atoms with van der Waals surface area (Å²) in [6.45, 7) is 6.61. The van der Waals surface area contributed by atoms with E-state index in [4.69, 9.17) is 0 Å². The summed E-state index contributed by atoms with van der Waals surface area (Å²) < 4.78 is 0. The number of anilines is 1. The van der Waals surface area contributed by atoms with Crippen LogP contribution < -0.4 is 4.90 Å². The highest BCUT2D eigenvalue weighted by Crippen LogP contribution is 2.49. The van der Waals surface area contributed by atoms with Crippen LogP contribution in [0.2, 0.25) is 0 Å². The van der Waals surface area contributed by atoms with E-state index in [0.717, 1.165) is 11.5 Å². The van der Waals surface area contributed by atoms with Gasteiger partial charge in [0, 0.05) is 25.5 Å². The van der Waals surface area contributed by atoms with Gasteiger partial charge in [-0.2, -0.15) is 0 Å². The zero-order valence-electron chi connectivity index (χ0n) is 9.99.